The number of rotatable bonds is 29. The number of nitrogens with one attached hydrogen (secondary N) is 4. The van der Waals surface area contributed by atoms with Crippen molar-refractivity contribution < 1.29 is 77.2 Å². The summed E-state index contributed by atoms with van der Waals surface area (Å²) < 4.78 is 19.2. The molecule has 6 amide bonds. The maximum absolute atomic E-state index is 15.6. The predicted molar refractivity (Wildman–Crippen MR) is 358 cm³/mol. The second-order valence-electron chi connectivity index (χ2n) is 27.6. The summed E-state index contributed by atoms with van der Waals surface area (Å²) in [6.07, 6.45) is -2.85. The van der Waals surface area contributed by atoms with E-state index in [2.05, 4.69) is 21.3 Å². The maximum atomic E-state index is 15.6. The van der Waals surface area contributed by atoms with E-state index in [1.807, 2.05) is 38.1 Å². The van der Waals surface area contributed by atoms with Crippen LogP contribution in [0.4, 0.5) is 0 Å². The van der Waals surface area contributed by atoms with Crippen molar-refractivity contribution in [3.63, 3.8) is 0 Å². The van der Waals surface area contributed by atoms with Crippen LogP contribution in [-0.4, -0.2) is 124 Å². The van der Waals surface area contributed by atoms with Crippen molar-refractivity contribution in [2.45, 2.75) is 181 Å². The monoisotopic (exact) mass is 1330 g/mol. The van der Waals surface area contributed by atoms with Gasteiger partial charge in [-0.15, -0.1) is 0 Å². The maximum Gasteiger partial charge on any atom is 0.350 e. The Morgan fingerprint density at radius 2 is 1.36 bits per heavy atom. The Labute approximate surface area is 565 Å². The summed E-state index contributed by atoms with van der Waals surface area (Å²) in [6, 6.07) is 28.6. The van der Waals surface area contributed by atoms with Crippen molar-refractivity contribution in [3.05, 3.63) is 160 Å². The van der Waals surface area contributed by atoms with Crippen LogP contribution in [0.2, 0.25) is 0 Å². The molecule has 97 heavy (non-hydrogen) atoms. The largest absolute Gasteiger partial charge is 0.455 e. The number of ether oxygens (including phenoxy) is 3. The number of carbonyl (C=O) groups is 11. The van der Waals surface area contributed by atoms with Crippen LogP contribution in [0, 0.1) is 46.8 Å². The van der Waals surface area contributed by atoms with Crippen LogP contribution in [0.1, 0.15) is 169 Å². The van der Waals surface area contributed by atoms with Gasteiger partial charge in [-0.25, -0.2) is 9.59 Å². The number of Topliss-reactive ketones (excluding diaryl/α,β-unsaturated/α-hetero) is 2. The third-order valence-electron chi connectivity index (χ3n) is 21.0. The molecular formula is C75H92N6O16. The zero-order chi connectivity index (χ0) is 70.7. The molecular weight excluding hydrogens is 1240 g/mol. The highest BCUT2D eigenvalue weighted by atomic mass is 16.6. The first-order chi connectivity index (χ1) is 45.9. The number of esters is 3. The van der Waals surface area contributed by atoms with E-state index in [1.54, 1.807) is 132 Å². The van der Waals surface area contributed by atoms with Gasteiger partial charge >= 0.3 is 17.9 Å². The quantitative estimate of drug-likeness (QED) is 0.00882. The van der Waals surface area contributed by atoms with Crippen LogP contribution in [-0.2, 0) is 57.4 Å². The number of aryl methyl sites for hydroxylation is 1. The van der Waals surface area contributed by atoms with Gasteiger partial charge in [0.2, 0.25) is 35.6 Å². The summed E-state index contributed by atoms with van der Waals surface area (Å²) in [5.41, 5.74) is 8.94. The molecule has 2 bridgehead atoms. The van der Waals surface area contributed by atoms with E-state index in [1.165, 1.54) is 13.0 Å². The number of nitrogens with two attached hydrogens (primary N) is 2. The van der Waals surface area contributed by atoms with Gasteiger partial charge < -0.3 is 57.2 Å². The molecule has 14 atom stereocenters. The highest BCUT2D eigenvalue weighted by Crippen LogP contribution is 2.70. The summed E-state index contributed by atoms with van der Waals surface area (Å²) in [6.45, 7) is 14.2. The minimum absolute atomic E-state index is 0.0649. The molecule has 4 aromatic carbocycles. The molecule has 4 aliphatic rings. The Morgan fingerprint density at radius 3 is 1.97 bits per heavy atom. The van der Waals surface area contributed by atoms with Crippen LogP contribution >= 0.6 is 0 Å². The molecule has 8 rings (SSSR count). The topological polar surface area (TPSA) is 356 Å². The van der Waals surface area contributed by atoms with E-state index >= 15 is 9.59 Å². The molecule has 22 nitrogen and oxygen atoms in total. The second-order valence-corrected chi connectivity index (χ2v) is 27.6. The lowest BCUT2D eigenvalue weighted by molar-refractivity contribution is -0.265. The number of carbonyl (C=O) groups excluding carboxylic acids is 11. The number of amides is 6. The molecule has 0 saturated heterocycles. The van der Waals surface area contributed by atoms with E-state index in [0.717, 1.165) is 17.5 Å². The number of primary amides is 2. The van der Waals surface area contributed by atoms with Crippen molar-refractivity contribution in [1.29, 1.82) is 0 Å². The second kappa shape index (κ2) is 31.4. The number of aliphatic hydroxyl groups excluding tert-OH is 1. The normalized spacial score (nSPS) is 25.4. The molecule has 4 aliphatic carbocycles. The van der Waals surface area contributed by atoms with Crippen LogP contribution < -0.4 is 32.7 Å². The molecule has 0 spiro atoms. The third-order valence-corrected chi connectivity index (χ3v) is 21.0. The molecule has 3 fully saturated rings. The van der Waals surface area contributed by atoms with E-state index in [9.17, 15) is 53.4 Å². The van der Waals surface area contributed by atoms with Gasteiger partial charge in [0, 0.05) is 67.0 Å². The average molecular weight is 1330 g/mol. The smallest absolute Gasteiger partial charge is 0.350 e. The standard InChI is InChI=1S/C75H92N6O16/c1-43-27-29-47(30-28-43)31-33-58(85)79-46(4)54(82)40-51(67(76)89)32-34-59(86)80-53(68(77)90)26-18-19-39-78-57(84)35-36-60(87)96-63(62(48-20-12-9-13-21-48)81-69(91)49-22-14-10-15-23-49)71(93)95-55-42-75(94)66(97-70(92)50-24-16-11-17-25-50)64-73(7)38-37-52(73)41-56(83)74(64,8)65(88)45(3)61(44(55)2)72(75,5)6/h9-17,20-25,27-31,33,45-46,51-53,55-56,62-64,66,83,94H,18-19,26,32,34-42H2,1-8H3,(H2,76,89)(H2,77,90)(H,78,84)(H,79,85)(H,80,86)(H,81,91)/b33-31+/t45-,46?,51-,52-,53?,55+,56+,62-,63-,64-,66+,73-,74-,75-/m1/s1. The molecule has 3 saturated carbocycles. The molecule has 4 aromatic rings. The first kappa shape index (κ1) is 73.7. The number of fused-ring (bicyclic) bond motifs is 5. The summed E-state index contributed by atoms with van der Waals surface area (Å²) in [5.74, 6) is -10.8. The molecule has 22 heteroatoms. The summed E-state index contributed by atoms with van der Waals surface area (Å²) >= 11 is 0. The van der Waals surface area contributed by atoms with Gasteiger partial charge in [0.15, 0.2) is 5.78 Å². The molecule has 0 aromatic heterocycles. The van der Waals surface area contributed by atoms with E-state index in [-0.39, 0.29) is 67.9 Å². The van der Waals surface area contributed by atoms with Crippen LogP contribution in [0.3, 0.4) is 0 Å². The van der Waals surface area contributed by atoms with Crippen molar-refractivity contribution in [1.82, 2.24) is 21.3 Å². The minimum atomic E-state index is -2.11. The van der Waals surface area contributed by atoms with Crippen molar-refractivity contribution in [2.75, 3.05) is 6.54 Å². The lowest BCUT2D eigenvalue weighted by atomic mass is 9.37. The first-order valence-electron chi connectivity index (χ1n) is 33.4. The fraction of sp³-hybridized carbons (Fsp3) is 0.480. The Morgan fingerprint density at radius 1 is 0.732 bits per heavy atom. The molecule has 2 unspecified atom stereocenters. The zero-order valence-electron chi connectivity index (χ0n) is 56.4. The lowest BCUT2D eigenvalue weighted by Crippen LogP contribution is -2.74. The SMILES string of the molecule is CC1=C2[C@@H](C)C(=O)[C@@]3(C)[C@H]([C@H](OC(=O)c4ccccc4)[C@](O)(C[C@@H]1OC(=O)[C@H](OC(=O)CCC(=O)NCCCCC(NC(=O)CC[C@H](CC(=O)C(C)NC(=O)/C=C/c1ccc(C)cc1)C(N)=O)C(N)=O)[C@H](NC(=O)c1ccccc1)c1ccccc1)C2(C)C)[C@]1(C)CC[C@@H]1C[C@@H]3O. The zero-order valence-corrected chi connectivity index (χ0v) is 56.4. The van der Waals surface area contributed by atoms with Gasteiger partial charge in [0.25, 0.3) is 5.91 Å². The average Bonchev–Trinajstić information content (AvgIpc) is 0.674. The summed E-state index contributed by atoms with van der Waals surface area (Å²) in [5, 5.41) is 36.9. The number of hydrogen-bond donors (Lipinski definition) is 8. The van der Waals surface area contributed by atoms with Gasteiger partial charge in [0.05, 0.1) is 29.5 Å². The number of ketones is 2. The molecule has 0 aliphatic heterocycles. The highest BCUT2D eigenvalue weighted by Gasteiger charge is 2.74. The van der Waals surface area contributed by atoms with Gasteiger partial charge in [-0.1, -0.05) is 124 Å². The Bertz CT molecular complexity index is 3650. The third kappa shape index (κ3) is 16.6. The van der Waals surface area contributed by atoms with Gasteiger partial charge in [0.1, 0.15) is 35.7 Å². The predicted octanol–water partition coefficient (Wildman–Crippen LogP) is 7.11. The number of aliphatic hydroxyl groups is 2. The first-order valence-corrected chi connectivity index (χ1v) is 33.4. The van der Waals surface area contributed by atoms with E-state index in [0.29, 0.717) is 36.0 Å². The van der Waals surface area contributed by atoms with Gasteiger partial charge in [-0.05, 0) is 137 Å². The van der Waals surface area contributed by atoms with E-state index in [4.69, 9.17) is 25.7 Å². The van der Waals surface area contributed by atoms with Crippen molar-refractivity contribution in [2.24, 2.45) is 51.4 Å². The van der Waals surface area contributed by atoms with Crippen molar-refractivity contribution in [3.8, 4) is 0 Å². The molecule has 518 valence electrons. The fourth-order valence-corrected chi connectivity index (χ4v) is 15.1. The lowest BCUT2D eigenvalue weighted by Gasteiger charge is -2.68. The highest BCUT2D eigenvalue weighted by molar-refractivity contribution is 5.98. The van der Waals surface area contributed by atoms with Gasteiger partial charge in [-0.3, -0.25) is 43.2 Å². The van der Waals surface area contributed by atoms with Crippen LogP contribution in [0.25, 0.3) is 6.08 Å². The Balaban J connectivity index is 0.933. The fourth-order valence-electron chi connectivity index (χ4n) is 15.1. The van der Waals surface area contributed by atoms with Crippen LogP contribution in [0.5, 0.6) is 0 Å². The summed E-state index contributed by atoms with van der Waals surface area (Å²) in [7, 11) is 0. The number of unbranched alkanes of at least 4 members (excludes halogenated alkanes) is 1. The molecule has 10 N–H and O–H groups in total. The van der Waals surface area contributed by atoms with E-state index < -0.39 is 154 Å². The Kier molecular flexibility index (Phi) is 23.8. The minimum Gasteiger partial charge on any atom is -0.455 e. The van der Waals surface area contributed by atoms with Crippen molar-refractivity contribution >= 4 is 71.0 Å². The number of benzene rings is 4. The Hall–Kier alpha value is -9.15. The molecule has 0 heterocycles. The summed E-state index contributed by atoms with van der Waals surface area (Å²) in [4.78, 5) is 151. The number of hydrogen-bond acceptors (Lipinski definition) is 16. The van der Waals surface area contributed by atoms with Gasteiger partial charge in [-0.2, -0.15) is 0 Å². The van der Waals surface area contributed by atoms with Crippen LogP contribution in [0.15, 0.2) is 132 Å². The molecule has 0 radical (unpaired) electrons.